The number of nitrogens with one attached hydrogen (secondary N) is 1. The van der Waals surface area contributed by atoms with E-state index in [0.717, 1.165) is 10.6 Å². The molecule has 0 saturated carbocycles. The first-order valence-electron chi connectivity index (χ1n) is 8.79. The zero-order valence-corrected chi connectivity index (χ0v) is 15.9. The van der Waals surface area contributed by atoms with E-state index in [1.807, 2.05) is 6.07 Å². The van der Waals surface area contributed by atoms with Crippen molar-refractivity contribution in [1.82, 2.24) is 9.88 Å². The molecule has 0 bridgehead atoms. The van der Waals surface area contributed by atoms with Crippen molar-refractivity contribution in [3.63, 3.8) is 0 Å². The number of benzene rings is 1. The Morgan fingerprint density at radius 3 is 3.00 bits per heavy atom. The van der Waals surface area contributed by atoms with Crippen LogP contribution in [-0.2, 0) is 17.7 Å². The fourth-order valence-electron chi connectivity index (χ4n) is 3.06. The maximum absolute atomic E-state index is 12.9. The lowest BCUT2D eigenvalue weighted by Gasteiger charge is -2.25. The number of carbonyl (C=O) groups is 2. The molecule has 3 aromatic rings. The van der Waals surface area contributed by atoms with Crippen LogP contribution in [0.3, 0.4) is 0 Å². The number of thiazole rings is 1. The third-order valence-corrected chi connectivity index (χ3v) is 5.37. The van der Waals surface area contributed by atoms with Crippen molar-refractivity contribution in [3.05, 3.63) is 56.9 Å². The fourth-order valence-corrected chi connectivity index (χ4v) is 4.07. The Hall–Kier alpha value is -3.20. The maximum Gasteiger partial charge on any atom is 0.413 e. The van der Waals surface area contributed by atoms with Gasteiger partial charge in [0, 0.05) is 23.2 Å². The van der Waals surface area contributed by atoms with Gasteiger partial charge in [0.2, 0.25) is 0 Å². The highest BCUT2D eigenvalue weighted by Crippen LogP contribution is 2.29. The quantitative estimate of drug-likeness (QED) is 0.680. The summed E-state index contributed by atoms with van der Waals surface area (Å²) in [6.45, 7) is 2.75. The van der Waals surface area contributed by atoms with Gasteiger partial charge in [-0.2, -0.15) is 0 Å². The van der Waals surface area contributed by atoms with E-state index in [0.29, 0.717) is 35.6 Å². The predicted molar refractivity (Wildman–Crippen MR) is 104 cm³/mol. The second-order valence-corrected chi connectivity index (χ2v) is 7.28. The minimum atomic E-state index is -0.650. The molecule has 1 aliphatic heterocycles. The van der Waals surface area contributed by atoms with Crippen LogP contribution in [0.15, 0.2) is 39.5 Å². The third-order valence-electron chi connectivity index (χ3n) is 4.37. The van der Waals surface area contributed by atoms with Gasteiger partial charge in [-0.25, -0.2) is 14.6 Å². The first-order valence-corrected chi connectivity index (χ1v) is 9.61. The molecule has 8 nitrogen and oxygen atoms in total. The minimum absolute atomic E-state index is 0.0107. The molecule has 1 N–H and O–H groups in total. The number of para-hydroxylation sites is 1. The molecule has 28 heavy (non-hydrogen) atoms. The van der Waals surface area contributed by atoms with Crippen LogP contribution in [0.1, 0.15) is 27.9 Å². The summed E-state index contributed by atoms with van der Waals surface area (Å²) in [4.78, 5) is 43.6. The number of hydrogen-bond acceptors (Lipinski definition) is 7. The van der Waals surface area contributed by atoms with Gasteiger partial charge in [-0.3, -0.25) is 10.1 Å². The maximum atomic E-state index is 12.9. The number of ether oxygens (including phenoxy) is 1. The van der Waals surface area contributed by atoms with Crippen LogP contribution in [0, 0.1) is 0 Å². The summed E-state index contributed by atoms with van der Waals surface area (Å²) in [5.41, 5.74) is 0.647. The van der Waals surface area contributed by atoms with Crippen LogP contribution in [-0.4, -0.2) is 35.0 Å². The van der Waals surface area contributed by atoms with Gasteiger partial charge in [0.15, 0.2) is 5.13 Å². The molecule has 144 valence electrons. The van der Waals surface area contributed by atoms with Crippen molar-refractivity contribution in [2.24, 2.45) is 0 Å². The average Bonchev–Trinajstić information content (AvgIpc) is 3.08. The van der Waals surface area contributed by atoms with Crippen LogP contribution in [0.4, 0.5) is 9.93 Å². The van der Waals surface area contributed by atoms with E-state index < -0.39 is 11.7 Å². The highest BCUT2D eigenvalue weighted by molar-refractivity contribution is 7.15. The van der Waals surface area contributed by atoms with E-state index in [1.165, 1.54) is 11.3 Å². The van der Waals surface area contributed by atoms with Gasteiger partial charge in [0.05, 0.1) is 18.8 Å². The normalized spacial score (nSPS) is 13.2. The molecular formula is C19H17N3O5S. The molecule has 0 radical (unpaired) electrons. The number of fused-ring (bicyclic) bond motifs is 2. The summed E-state index contributed by atoms with van der Waals surface area (Å²) in [6.07, 6.45) is -0.0173. The molecule has 1 aliphatic rings. The average molecular weight is 399 g/mol. The van der Waals surface area contributed by atoms with Crippen LogP contribution in [0.5, 0.6) is 0 Å². The molecule has 9 heteroatoms. The van der Waals surface area contributed by atoms with Gasteiger partial charge in [0.25, 0.3) is 5.91 Å². The van der Waals surface area contributed by atoms with Crippen LogP contribution in [0.2, 0.25) is 0 Å². The van der Waals surface area contributed by atoms with Gasteiger partial charge in [-0.15, -0.1) is 0 Å². The molecule has 2 amide bonds. The Labute approximate surface area is 163 Å². The number of aromatic nitrogens is 1. The molecule has 0 spiro atoms. The summed E-state index contributed by atoms with van der Waals surface area (Å²) in [6, 6.07) is 8.64. The van der Waals surface area contributed by atoms with Crippen molar-refractivity contribution in [2.45, 2.75) is 19.9 Å². The highest BCUT2D eigenvalue weighted by atomic mass is 32.1. The van der Waals surface area contributed by atoms with Crippen molar-refractivity contribution in [1.29, 1.82) is 0 Å². The number of amides is 2. The predicted octanol–water partition coefficient (Wildman–Crippen LogP) is 3.02. The highest BCUT2D eigenvalue weighted by Gasteiger charge is 2.27. The summed E-state index contributed by atoms with van der Waals surface area (Å²) >= 11 is 1.29. The number of hydrogen-bond donors (Lipinski definition) is 1. The van der Waals surface area contributed by atoms with E-state index in [2.05, 4.69) is 10.3 Å². The smallest absolute Gasteiger partial charge is 0.413 e. The van der Waals surface area contributed by atoms with E-state index in [-0.39, 0.29) is 18.1 Å². The van der Waals surface area contributed by atoms with Gasteiger partial charge in [-0.1, -0.05) is 29.5 Å². The molecule has 0 atom stereocenters. The molecule has 0 aliphatic carbocycles. The van der Waals surface area contributed by atoms with Crippen LogP contribution in [0.25, 0.3) is 11.0 Å². The second kappa shape index (κ2) is 7.43. The Morgan fingerprint density at radius 1 is 1.36 bits per heavy atom. The van der Waals surface area contributed by atoms with Crippen molar-refractivity contribution >= 4 is 39.4 Å². The largest absolute Gasteiger partial charge is 0.450 e. The third kappa shape index (κ3) is 3.48. The van der Waals surface area contributed by atoms with E-state index in [1.54, 1.807) is 36.1 Å². The number of anilines is 1. The second-order valence-electron chi connectivity index (χ2n) is 6.20. The van der Waals surface area contributed by atoms with E-state index in [4.69, 9.17) is 9.15 Å². The number of rotatable bonds is 3. The standard InChI is InChI=1S/C19H17N3O5S/c1-2-26-19(25)21-18-20-13-7-8-22(10-15(13)28-18)16(23)12-9-11-5-3-4-6-14(11)27-17(12)24/h3-6,9H,2,7-8,10H2,1H3,(H,20,21,25). The van der Waals surface area contributed by atoms with Crippen molar-refractivity contribution in [2.75, 3.05) is 18.5 Å². The molecule has 0 unspecified atom stereocenters. The molecule has 4 rings (SSSR count). The molecular weight excluding hydrogens is 382 g/mol. The summed E-state index contributed by atoms with van der Waals surface area (Å²) in [5.74, 6) is -0.376. The van der Waals surface area contributed by atoms with Crippen molar-refractivity contribution in [3.8, 4) is 0 Å². The van der Waals surface area contributed by atoms with Gasteiger partial charge in [-0.05, 0) is 19.1 Å². The van der Waals surface area contributed by atoms with Crippen molar-refractivity contribution < 1.29 is 18.7 Å². The zero-order valence-electron chi connectivity index (χ0n) is 15.1. The molecule has 0 fully saturated rings. The monoisotopic (exact) mass is 399 g/mol. The lowest BCUT2D eigenvalue weighted by atomic mass is 10.1. The van der Waals surface area contributed by atoms with E-state index >= 15 is 0 Å². The Morgan fingerprint density at radius 2 is 2.18 bits per heavy atom. The lowest BCUT2D eigenvalue weighted by Crippen LogP contribution is -2.37. The summed E-state index contributed by atoms with van der Waals surface area (Å²) in [5, 5.41) is 3.71. The minimum Gasteiger partial charge on any atom is -0.450 e. The SMILES string of the molecule is CCOC(=O)Nc1nc2c(s1)CN(C(=O)c1cc3ccccc3oc1=O)CC2. The van der Waals surface area contributed by atoms with Gasteiger partial charge >= 0.3 is 11.7 Å². The summed E-state index contributed by atoms with van der Waals surface area (Å²) in [7, 11) is 0. The molecule has 3 heterocycles. The van der Waals surface area contributed by atoms with E-state index in [9.17, 15) is 14.4 Å². The lowest BCUT2D eigenvalue weighted by molar-refractivity contribution is 0.0732. The number of carbonyl (C=O) groups excluding carboxylic acids is 2. The van der Waals surface area contributed by atoms with Gasteiger partial charge in [0.1, 0.15) is 11.1 Å². The summed E-state index contributed by atoms with van der Waals surface area (Å²) < 4.78 is 10.1. The fraction of sp³-hybridized carbons (Fsp3) is 0.263. The first-order chi connectivity index (χ1) is 13.5. The Bertz CT molecular complexity index is 1120. The molecule has 2 aromatic heterocycles. The molecule has 0 saturated heterocycles. The van der Waals surface area contributed by atoms with Crippen LogP contribution < -0.4 is 10.9 Å². The molecule has 1 aromatic carbocycles. The topological polar surface area (TPSA) is 102 Å². The first kappa shape index (κ1) is 18.2. The Kier molecular flexibility index (Phi) is 4.82. The van der Waals surface area contributed by atoms with Gasteiger partial charge < -0.3 is 14.1 Å². The van der Waals surface area contributed by atoms with Crippen LogP contribution >= 0.6 is 11.3 Å². The Balaban J connectivity index is 1.55. The number of nitrogens with zero attached hydrogens (tertiary/aromatic N) is 2. The zero-order chi connectivity index (χ0) is 19.7.